The van der Waals surface area contributed by atoms with E-state index in [4.69, 9.17) is 10.5 Å². The first-order chi connectivity index (χ1) is 14.9. The number of pyridine rings is 1. The first kappa shape index (κ1) is 20.5. The molecule has 1 amide bonds. The van der Waals surface area contributed by atoms with Crippen molar-refractivity contribution in [1.82, 2.24) is 15.0 Å². The number of nitrogens with two attached hydrogens (primary N) is 1. The van der Waals surface area contributed by atoms with E-state index in [0.717, 1.165) is 5.56 Å². The van der Waals surface area contributed by atoms with E-state index in [1.165, 1.54) is 24.7 Å². The Balaban J connectivity index is 1.64. The number of benzene rings is 1. The molecule has 0 bridgehead atoms. The second-order valence-corrected chi connectivity index (χ2v) is 7.07. The predicted octanol–water partition coefficient (Wildman–Crippen LogP) is 1.85. The van der Waals surface area contributed by atoms with Crippen LogP contribution in [0.4, 0.5) is 11.4 Å². The van der Waals surface area contributed by atoms with Gasteiger partial charge in [0, 0.05) is 17.3 Å². The number of carbonyl (C=O) groups excluding carboxylic acids is 1. The van der Waals surface area contributed by atoms with Gasteiger partial charge >= 0.3 is 0 Å². The molecule has 3 unspecified atom stereocenters. The molecule has 9 nitrogen and oxygen atoms in total. The van der Waals surface area contributed by atoms with Crippen LogP contribution in [0.1, 0.15) is 23.0 Å². The van der Waals surface area contributed by atoms with E-state index in [2.05, 4.69) is 20.3 Å². The van der Waals surface area contributed by atoms with Crippen LogP contribution in [-0.4, -0.2) is 49.4 Å². The predicted molar refractivity (Wildman–Crippen MR) is 115 cm³/mol. The van der Waals surface area contributed by atoms with Gasteiger partial charge in [0.25, 0.3) is 5.91 Å². The third kappa shape index (κ3) is 4.23. The van der Waals surface area contributed by atoms with E-state index >= 15 is 0 Å². The van der Waals surface area contributed by atoms with Crippen molar-refractivity contribution in [1.29, 1.82) is 0 Å². The fourth-order valence-corrected chi connectivity index (χ4v) is 3.18. The van der Waals surface area contributed by atoms with Gasteiger partial charge in [0.15, 0.2) is 11.5 Å². The highest BCUT2D eigenvalue weighted by molar-refractivity contribution is 6.07. The number of hydrogen-bond acceptors (Lipinski definition) is 8. The number of nitrogen functional groups attached to an aromatic ring is 1. The molecule has 0 saturated heterocycles. The van der Waals surface area contributed by atoms with Crippen LogP contribution in [0, 0.1) is 0 Å². The van der Waals surface area contributed by atoms with Crippen molar-refractivity contribution in [2.75, 3.05) is 11.1 Å². The molecule has 1 aliphatic heterocycles. The minimum absolute atomic E-state index is 0.0195. The Kier molecular flexibility index (Phi) is 5.61. The van der Waals surface area contributed by atoms with Crippen LogP contribution >= 0.6 is 0 Å². The van der Waals surface area contributed by atoms with Crippen LogP contribution in [0.25, 0.3) is 17.1 Å². The van der Waals surface area contributed by atoms with Gasteiger partial charge in [-0.05, 0) is 19.1 Å². The minimum Gasteiger partial charge on any atom is -0.487 e. The molecule has 0 aliphatic carbocycles. The van der Waals surface area contributed by atoms with Crippen molar-refractivity contribution in [3.05, 3.63) is 72.3 Å². The molecule has 0 saturated carbocycles. The molecule has 0 radical (unpaired) electrons. The summed E-state index contributed by atoms with van der Waals surface area (Å²) in [5.41, 5.74) is 7.69. The minimum atomic E-state index is -1.10. The van der Waals surface area contributed by atoms with Crippen LogP contribution in [0.15, 0.2) is 61.1 Å². The summed E-state index contributed by atoms with van der Waals surface area (Å²) in [7, 11) is 0. The number of ether oxygens (including phenoxy) is 1. The van der Waals surface area contributed by atoms with E-state index in [-0.39, 0.29) is 11.4 Å². The van der Waals surface area contributed by atoms with Gasteiger partial charge in [0.1, 0.15) is 24.1 Å². The first-order valence-electron chi connectivity index (χ1n) is 9.62. The Morgan fingerprint density at radius 1 is 1.16 bits per heavy atom. The molecule has 1 aromatic carbocycles. The molecule has 3 heterocycles. The fraction of sp³-hybridized carbons (Fsp3) is 0.182. The maximum atomic E-state index is 13.0. The normalized spacial score (nSPS) is 20.5. The number of anilines is 2. The van der Waals surface area contributed by atoms with Gasteiger partial charge < -0.3 is 26.0 Å². The van der Waals surface area contributed by atoms with Gasteiger partial charge in [-0.25, -0.2) is 9.97 Å². The van der Waals surface area contributed by atoms with Gasteiger partial charge in [-0.3, -0.25) is 9.78 Å². The largest absolute Gasteiger partial charge is 0.487 e. The monoisotopic (exact) mass is 419 g/mol. The lowest BCUT2D eigenvalue weighted by atomic mass is 10.0. The maximum Gasteiger partial charge on any atom is 0.276 e. The summed E-state index contributed by atoms with van der Waals surface area (Å²) in [6, 6.07) is 10.9. The zero-order valence-corrected chi connectivity index (χ0v) is 16.6. The number of nitrogens with one attached hydrogen (secondary N) is 1. The van der Waals surface area contributed by atoms with Crippen LogP contribution in [0.2, 0.25) is 0 Å². The average Bonchev–Trinajstić information content (AvgIpc) is 2.78. The molecular formula is C22H21N5O4. The van der Waals surface area contributed by atoms with Crippen molar-refractivity contribution in [2.45, 2.75) is 25.2 Å². The smallest absolute Gasteiger partial charge is 0.276 e. The molecule has 0 fully saturated rings. The fourth-order valence-electron chi connectivity index (χ4n) is 3.18. The molecule has 0 spiro atoms. The van der Waals surface area contributed by atoms with Gasteiger partial charge in [0.2, 0.25) is 0 Å². The second kappa shape index (κ2) is 8.50. The molecular weight excluding hydrogens is 398 g/mol. The zero-order valence-electron chi connectivity index (χ0n) is 16.6. The van der Waals surface area contributed by atoms with E-state index in [1.54, 1.807) is 13.0 Å². The number of aliphatic hydroxyl groups is 2. The van der Waals surface area contributed by atoms with Gasteiger partial charge in [-0.1, -0.05) is 30.3 Å². The third-order valence-corrected chi connectivity index (χ3v) is 4.86. The lowest BCUT2D eigenvalue weighted by molar-refractivity contribution is -0.0456. The topological polar surface area (TPSA) is 143 Å². The molecule has 31 heavy (non-hydrogen) atoms. The summed E-state index contributed by atoms with van der Waals surface area (Å²) in [6.07, 6.45) is 3.00. The van der Waals surface area contributed by atoms with Crippen molar-refractivity contribution in [3.63, 3.8) is 0 Å². The molecule has 158 valence electrons. The summed E-state index contributed by atoms with van der Waals surface area (Å²) < 4.78 is 5.71. The van der Waals surface area contributed by atoms with Crippen molar-refractivity contribution in [3.8, 4) is 11.4 Å². The zero-order chi connectivity index (χ0) is 22.0. The molecule has 1 aliphatic rings. The SMILES string of the molecule is CC1OC(c2ccncc2NC(=O)c2nc(-c3ccccc3)ncc2N)=CC(O)C1O. The summed E-state index contributed by atoms with van der Waals surface area (Å²) >= 11 is 0. The maximum absolute atomic E-state index is 13.0. The highest BCUT2D eigenvalue weighted by Crippen LogP contribution is 2.30. The van der Waals surface area contributed by atoms with Crippen molar-refractivity contribution < 1.29 is 19.7 Å². The Bertz CT molecular complexity index is 1140. The lowest BCUT2D eigenvalue weighted by Crippen LogP contribution is -2.39. The second-order valence-electron chi connectivity index (χ2n) is 7.07. The molecule has 2 aromatic heterocycles. The highest BCUT2D eigenvalue weighted by atomic mass is 16.5. The number of aromatic nitrogens is 3. The van der Waals surface area contributed by atoms with Crippen LogP contribution in [0.5, 0.6) is 0 Å². The first-order valence-corrected chi connectivity index (χ1v) is 9.62. The summed E-state index contributed by atoms with van der Waals surface area (Å²) in [4.78, 5) is 25.6. The summed E-state index contributed by atoms with van der Waals surface area (Å²) in [5.74, 6) is 0.149. The summed E-state index contributed by atoms with van der Waals surface area (Å²) in [6.45, 7) is 1.65. The lowest BCUT2D eigenvalue weighted by Gasteiger charge is -2.30. The Morgan fingerprint density at radius 3 is 2.68 bits per heavy atom. The van der Waals surface area contributed by atoms with E-state index in [0.29, 0.717) is 22.8 Å². The number of hydrogen-bond donors (Lipinski definition) is 4. The average molecular weight is 419 g/mol. The quantitative estimate of drug-likeness (QED) is 0.502. The van der Waals surface area contributed by atoms with Crippen molar-refractivity contribution >= 4 is 23.0 Å². The Labute approximate surface area is 178 Å². The van der Waals surface area contributed by atoms with E-state index in [9.17, 15) is 15.0 Å². The van der Waals surface area contributed by atoms with Gasteiger partial charge in [0.05, 0.1) is 23.8 Å². The number of carbonyl (C=O) groups is 1. The van der Waals surface area contributed by atoms with Gasteiger partial charge in [-0.15, -0.1) is 0 Å². The standard InChI is InChI=1S/C22H21N5O4/c1-12-20(29)17(28)9-18(31-12)14-7-8-24-11-16(14)26-22(30)19-15(23)10-25-21(27-19)13-5-3-2-4-6-13/h2-12,17,20,28-29H,23H2,1H3,(H,26,30). The van der Waals surface area contributed by atoms with Crippen molar-refractivity contribution in [2.24, 2.45) is 0 Å². The molecule has 3 aromatic rings. The van der Waals surface area contributed by atoms with Gasteiger partial charge in [-0.2, -0.15) is 0 Å². The number of nitrogens with zero attached hydrogens (tertiary/aromatic N) is 3. The molecule has 4 rings (SSSR count). The molecule has 9 heteroatoms. The van der Waals surface area contributed by atoms with E-state index < -0.39 is 24.2 Å². The van der Waals surface area contributed by atoms with Crippen LogP contribution in [0.3, 0.4) is 0 Å². The van der Waals surface area contributed by atoms with E-state index in [1.807, 2.05) is 30.3 Å². The van der Waals surface area contributed by atoms with Crippen LogP contribution < -0.4 is 11.1 Å². The Hall–Kier alpha value is -3.82. The molecule has 3 atom stereocenters. The van der Waals surface area contributed by atoms with Crippen LogP contribution in [-0.2, 0) is 4.74 Å². The third-order valence-electron chi connectivity index (χ3n) is 4.86. The Morgan fingerprint density at radius 2 is 1.94 bits per heavy atom. The summed E-state index contributed by atoms with van der Waals surface area (Å²) in [5, 5.41) is 22.7. The number of aliphatic hydroxyl groups excluding tert-OH is 2. The molecule has 5 N–H and O–H groups in total. The number of rotatable bonds is 4. The highest BCUT2D eigenvalue weighted by Gasteiger charge is 2.30. The number of amides is 1.